The van der Waals surface area contributed by atoms with Crippen molar-refractivity contribution in [1.29, 1.82) is 0 Å². The van der Waals surface area contributed by atoms with Crippen LogP contribution in [-0.2, 0) is 6.54 Å². The average molecular weight is 274 g/mol. The van der Waals surface area contributed by atoms with E-state index < -0.39 is 0 Å². The van der Waals surface area contributed by atoms with Gasteiger partial charge in [0.2, 0.25) is 0 Å². The number of aryl methyl sites for hydroxylation is 1. The van der Waals surface area contributed by atoms with Crippen molar-refractivity contribution in [1.82, 2.24) is 10.2 Å². The van der Waals surface area contributed by atoms with E-state index in [0.29, 0.717) is 6.04 Å². The summed E-state index contributed by atoms with van der Waals surface area (Å²) in [5.74, 6) is 0. The molecule has 2 rings (SSSR count). The Morgan fingerprint density at radius 1 is 1.11 bits per heavy atom. The highest BCUT2D eigenvalue weighted by Gasteiger charge is 2.12. The second-order valence-electron chi connectivity index (χ2n) is 5.03. The summed E-state index contributed by atoms with van der Waals surface area (Å²) in [5, 5.41) is 3.56. The van der Waals surface area contributed by atoms with Crippen molar-refractivity contribution in [3.63, 3.8) is 0 Å². The molecule has 0 saturated heterocycles. The highest BCUT2D eigenvalue weighted by molar-refractivity contribution is 7.11. The topological polar surface area (TPSA) is 15.3 Å². The maximum Gasteiger partial charge on any atom is 0.0466 e. The summed E-state index contributed by atoms with van der Waals surface area (Å²) in [6.07, 6.45) is 0. The molecule has 0 aliphatic carbocycles. The molecule has 0 saturated carbocycles. The molecule has 1 N–H and O–H groups in total. The van der Waals surface area contributed by atoms with Crippen molar-refractivity contribution in [3.8, 4) is 0 Å². The van der Waals surface area contributed by atoms with Gasteiger partial charge in [-0.3, -0.25) is 0 Å². The fourth-order valence-electron chi connectivity index (χ4n) is 2.19. The number of likely N-dealkylation sites (N-methyl/N-ethyl adjacent to an activating group) is 1. The van der Waals surface area contributed by atoms with Crippen LogP contribution in [0.3, 0.4) is 0 Å². The molecular formula is C16H22N2S. The number of thiophene rings is 1. The lowest BCUT2D eigenvalue weighted by atomic mass is 10.1. The second kappa shape index (κ2) is 6.85. The van der Waals surface area contributed by atoms with E-state index in [1.807, 2.05) is 11.3 Å². The van der Waals surface area contributed by atoms with Crippen LogP contribution in [0.4, 0.5) is 0 Å². The summed E-state index contributed by atoms with van der Waals surface area (Å²) in [6, 6.07) is 15.5. The predicted octanol–water partition coefficient (Wildman–Crippen LogP) is 3.45. The van der Waals surface area contributed by atoms with Gasteiger partial charge in [-0.1, -0.05) is 30.3 Å². The van der Waals surface area contributed by atoms with Gasteiger partial charge in [0, 0.05) is 28.9 Å². The number of nitrogens with one attached hydrogen (secondary N) is 1. The fourth-order valence-corrected chi connectivity index (χ4v) is 3.05. The first-order valence-electron chi connectivity index (χ1n) is 6.64. The van der Waals surface area contributed by atoms with Crippen LogP contribution in [0.15, 0.2) is 42.5 Å². The first-order valence-corrected chi connectivity index (χ1v) is 7.46. The van der Waals surface area contributed by atoms with E-state index in [1.165, 1.54) is 15.3 Å². The summed E-state index contributed by atoms with van der Waals surface area (Å²) in [7, 11) is 4.27. The Morgan fingerprint density at radius 3 is 2.42 bits per heavy atom. The normalized spacial score (nSPS) is 12.8. The van der Waals surface area contributed by atoms with Crippen molar-refractivity contribution in [3.05, 3.63) is 57.8 Å². The third kappa shape index (κ3) is 4.16. The number of hydrogen-bond acceptors (Lipinski definition) is 3. The monoisotopic (exact) mass is 274 g/mol. The standard InChI is InChI=1S/C16H22N2S/c1-13-9-10-15(19-13)11-17-12-16(18(2)3)14-7-5-4-6-8-14/h4-10,16-17H,11-12H2,1-3H3. The van der Waals surface area contributed by atoms with Crippen LogP contribution < -0.4 is 5.32 Å². The Hall–Kier alpha value is -1.16. The van der Waals surface area contributed by atoms with E-state index in [4.69, 9.17) is 0 Å². The molecule has 1 aromatic carbocycles. The molecule has 102 valence electrons. The van der Waals surface area contributed by atoms with Gasteiger partial charge < -0.3 is 10.2 Å². The smallest absolute Gasteiger partial charge is 0.0466 e. The molecule has 0 bridgehead atoms. The summed E-state index contributed by atoms with van der Waals surface area (Å²) in [5.41, 5.74) is 1.36. The van der Waals surface area contributed by atoms with Gasteiger partial charge in [0.1, 0.15) is 0 Å². The van der Waals surface area contributed by atoms with E-state index in [0.717, 1.165) is 13.1 Å². The molecule has 1 heterocycles. The van der Waals surface area contributed by atoms with Gasteiger partial charge in [0.05, 0.1) is 0 Å². The largest absolute Gasteiger partial charge is 0.310 e. The zero-order chi connectivity index (χ0) is 13.7. The highest BCUT2D eigenvalue weighted by atomic mass is 32.1. The fraction of sp³-hybridized carbons (Fsp3) is 0.375. The van der Waals surface area contributed by atoms with Crippen molar-refractivity contribution in [2.24, 2.45) is 0 Å². The predicted molar refractivity (Wildman–Crippen MR) is 83.6 cm³/mol. The van der Waals surface area contributed by atoms with Crippen LogP contribution in [0, 0.1) is 6.92 Å². The van der Waals surface area contributed by atoms with E-state index >= 15 is 0 Å². The molecule has 0 fully saturated rings. The lowest BCUT2D eigenvalue weighted by molar-refractivity contribution is 0.288. The van der Waals surface area contributed by atoms with E-state index in [2.05, 4.69) is 73.7 Å². The second-order valence-corrected chi connectivity index (χ2v) is 6.41. The first-order chi connectivity index (χ1) is 9.16. The third-order valence-corrected chi connectivity index (χ3v) is 4.24. The van der Waals surface area contributed by atoms with Crippen molar-refractivity contribution < 1.29 is 0 Å². The van der Waals surface area contributed by atoms with Gasteiger partial charge in [0.15, 0.2) is 0 Å². The molecule has 19 heavy (non-hydrogen) atoms. The number of nitrogens with zero attached hydrogens (tertiary/aromatic N) is 1. The van der Waals surface area contributed by atoms with Gasteiger partial charge in [0.25, 0.3) is 0 Å². The molecule has 0 aliphatic rings. The molecule has 1 aromatic heterocycles. The van der Waals surface area contributed by atoms with Gasteiger partial charge in [-0.15, -0.1) is 11.3 Å². The van der Waals surface area contributed by atoms with E-state index in [1.54, 1.807) is 0 Å². The van der Waals surface area contributed by atoms with Gasteiger partial charge in [-0.2, -0.15) is 0 Å². The van der Waals surface area contributed by atoms with Crippen LogP contribution in [0.1, 0.15) is 21.4 Å². The lowest BCUT2D eigenvalue weighted by Gasteiger charge is -2.25. The van der Waals surface area contributed by atoms with Crippen LogP contribution in [0.5, 0.6) is 0 Å². The molecular weight excluding hydrogens is 252 g/mol. The molecule has 0 aliphatic heterocycles. The van der Waals surface area contributed by atoms with Crippen LogP contribution >= 0.6 is 11.3 Å². The Balaban J connectivity index is 1.91. The molecule has 1 unspecified atom stereocenters. The third-order valence-electron chi connectivity index (χ3n) is 3.24. The van der Waals surface area contributed by atoms with Crippen LogP contribution in [0.2, 0.25) is 0 Å². The van der Waals surface area contributed by atoms with Crippen molar-refractivity contribution >= 4 is 11.3 Å². The number of hydrogen-bond donors (Lipinski definition) is 1. The number of rotatable bonds is 6. The first kappa shape index (κ1) is 14.3. The Kier molecular flexibility index (Phi) is 5.14. The molecule has 0 spiro atoms. The van der Waals surface area contributed by atoms with Crippen molar-refractivity contribution in [2.75, 3.05) is 20.6 Å². The van der Waals surface area contributed by atoms with Crippen LogP contribution in [0.25, 0.3) is 0 Å². The molecule has 2 aromatic rings. The zero-order valence-corrected chi connectivity index (χ0v) is 12.7. The van der Waals surface area contributed by atoms with E-state index in [9.17, 15) is 0 Å². The summed E-state index contributed by atoms with van der Waals surface area (Å²) < 4.78 is 0. The minimum absolute atomic E-state index is 0.419. The minimum atomic E-state index is 0.419. The highest BCUT2D eigenvalue weighted by Crippen LogP contribution is 2.18. The Bertz CT molecular complexity index is 490. The summed E-state index contributed by atoms with van der Waals surface area (Å²) >= 11 is 1.87. The Labute approximate surface area is 120 Å². The van der Waals surface area contributed by atoms with Crippen molar-refractivity contribution in [2.45, 2.75) is 19.5 Å². The maximum atomic E-state index is 3.56. The van der Waals surface area contributed by atoms with Gasteiger partial charge in [-0.05, 0) is 38.7 Å². The Morgan fingerprint density at radius 2 is 1.84 bits per heavy atom. The summed E-state index contributed by atoms with van der Waals surface area (Å²) in [4.78, 5) is 5.05. The zero-order valence-electron chi connectivity index (χ0n) is 11.9. The summed E-state index contributed by atoms with van der Waals surface area (Å²) in [6.45, 7) is 4.07. The van der Waals surface area contributed by atoms with Crippen LogP contribution in [-0.4, -0.2) is 25.5 Å². The average Bonchev–Trinajstić information content (AvgIpc) is 2.81. The minimum Gasteiger partial charge on any atom is -0.310 e. The van der Waals surface area contributed by atoms with Gasteiger partial charge in [-0.25, -0.2) is 0 Å². The molecule has 0 radical (unpaired) electrons. The van der Waals surface area contributed by atoms with Gasteiger partial charge >= 0.3 is 0 Å². The quantitative estimate of drug-likeness (QED) is 0.868. The number of benzene rings is 1. The SMILES string of the molecule is Cc1ccc(CNCC(c2ccccc2)N(C)C)s1. The lowest BCUT2D eigenvalue weighted by Crippen LogP contribution is -2.30. The maximum absolute atomic E-state index is 3.56. The molecule has 0 amide bonds. The van der Waals surface area contributed by atoms with E-state index in [-0.39, 0.29) is 0 Å². The molecule has 2 nitrogen and oxygen atoms in total. The molecule has 1 atom stereocenters. The molecule has 3 heteroatoms.